The number of rotatable bonds is 3. The predicted octanol–water partition coefficient (Wildman–Crippen LogP) is 3.39. The van der Waals surface area contributed by atoms with Crippen LogP contribution in [0.3, 0.4) is 0 Å². The molecular formula is C13H10ClFN2O2. The van der Waals surface area contributed by atoms with E-state index >= 15 is 0 Å². The summed E-state index contributed by atoms with van der Waals surface area (Å²) in [5.74, 6) is -0.451. The minimum absolute atomic E-state index is 0.102. The number of benzene rings is 1. The molecule has 2 aromatic rings. The fourth-order valence-electron chi connectivity index (χ4n) is 1.46. The number of nitrogens with zero attached hydrogens (tertiary/aromatic N) is 1. The molecule has 0 aliphatic rings. The molecule has 0 amide bonds. The van der Waals surface area contributed by atoms with E-state index in [2.05, 4.69) is 10.2 Å². The van der Waals surface area contributed by atoms with Crippen molar-refractivity contribution < 1.29 is 9.13 Å². The standard InChI is InChI=1S/C13H10ClFN2O2/c1-2-3-8-4-5-9(15)6-11(8)19-13-10(18)7-12(14)16-17-13/h2-7H,1H3,(H,16,18)/b3-2-. The van der Waals surface area contributed by atoms with E-state index in [9.17, 15) is 9.18 Å². The third-order valence-corrected chi connectivity index (χ3v) is 2.45. The lowest BCUT2D eigenvalue weighted by molar-refractivity contribution is 0.445. The smallest absolute Gasteiger partial charge is 0.285 e. The minimum Gasteiger partial charge on any atom is -0.434 e. The number of H-pyrrole nitrogens is 1. The number of aromatic nitrogens is 2. The number of hydrogen-bond donors (Lipinski definition) is 1. The Balaban J connectivity index is 2.42. The van der Waals surface area contributed by atoms with E-state index < -0.39 is 11.2 Å². The largest absolute Gasteiger partial charge is 0.434 e. The highest BCUT2D eigenvalue weighted by Gasteiger charge is 2.09. The molecule has 2 rings (SSSR count). The van der Waals surface area contributed by atoms with Crippen LogP contribution in [0.25, 0.3) is 6.08 Å². The Bertz CT molecular complexity index is 683. The summed E-state index contributed by atoms with van der Waals surface area (Å²) in [5.41, 5.74) is 0.152. The van der Waals surface area contributed by atoms with Crippen LogP contribution >= 0.6 is 11.6 Å². The Labute approximate surface area is 113 Å². The van der Waals surface area contributed by atoms with Gasteiger partial charge in [-0.05, 0) is 19.1 Å². The van der Waals surface area contributed by atoms with Crippen LogP contribution in [0.4, 0.5) is 4.39 Å². The number of halogens is 2. The molecule has 4 nitrogen and oxygen atoms in total. The summed E-state index contributed by atoms with van der Waals surface area (Å²) in [6.07, 6.45) is 3.51. The van der Waals surface area contributed by atoms with Crippen molar-refractivity contribution in [1.82, 2.24) is 10.2 Å². The molecular weight excluding hydrogens is 271 g/mol. The van der Waals surface area contributed by atoms with Crippen molar-refractivity contribution in [1.29, 1.82) is 0 Å². The second-order valence-electron chi connectivity index (χ2n) is 3.67. The second kappa shape index (κ2) is 5.67. The third kappa shape index (κ3) is 3.20. The van der Waals surface area contributed by atoms with Gasteiger partial charge in [-0.25, -0.2) is 4.39 Å². The molecule has 0 aliphatic heterocycles. The van der Waals surface area contributed by atoms with Gasteiger partial charge in [0.1, 0.15) is 16.7 Å². The number of allylic oxidation sites excluding steroid dienone is 1. The third-order valence-electron chi connectivity index (χ3n) is 2.26. The fourth-order valence-corrected chi connectivity index (χ4v) is 1.60. The molecule has 0 saturated carbocycles. The molecule has 0 bridgehead atoms. The normalized spacial score (nSPS) is 10.9. The topological polar surface area (TPSA) is 55.0 Å². The van der Waals surface area contributed by atoms with E-state index in [1.54, 1.807) is 18.2 Å². The maximum Gasteiger partial charge on any atom is 0.285 e. The number of ether oxygens (including phenoxy) is 1. The molecule has 1 heterocycles. The van der Waals surface area contributed by atoms with Crippen LogP contribution in [-0.4, -0.2) is 10.2 Å². The average Bonchev–Trinajstić information content (AvgIpc) is 2.36. The lowest BCUT2D eigenvalue weighted by Gasteiger charge is -2.07. The van der Waals surface area contributed by atoms with Crippen molar-refractivity contribution in [3.8, 4) is 11.6 Å². The van der Waals surface area contributed by atoms with Crippen LogP contribution in [0.1, 0.15) is 12.5 Å². The summed E-state index contributed by atoms with van der Waals surface area (Å²) >= 11 is 5.58. The quantitative estimate of drug-likeness (QED) is 0.937. The predicted molar refractivity (Wildman–Crippen MR) is 71.0 cm³/mol. The van der Waals surface area contributed by atoms with Crippen molar-refractivity contribution in [3.63, 3.8) is 0 Å². The van der Waals surface area contributed by atoms with Gasteiger partial charge in [-0.3, -0.25) is 9.89 Å². The highest BCUT2D eigenvalue weighted by atomic mass is 35.5. The first-order valence-corrected chi connectivity index (χ1v) is 5.83. The van der Waals surface area contributed by atoms with Gasteiger partial charge in [-0.2, -0.15) is 0 Å². The zero-order valence-electron chi connectivity index (χ0n) is 9.98. The molecule has 0 aliphatic carbocycles. The lowest BCUT2D eigenvalue weighted by atomic mass is 10.2. The Kier molecular flexibility index (Phi) is 3.97. The van der Waals surface area contributed by atoms with Gasteiger partial charge in [0.15, 0.2) is 0 Å². The zero-order valence-corrected chi connectivity index (χ0v) is 10.7. The SMILES string of the molecule is C/C=C\c1ccc(F)cc1Oc1n[nH]c(Cl)cc1=O. The molecule has 0 fully saturated rings. The van der Waals surface area contributed by atoms with E-state index in [0.29, 0.717) is 5.56 Å². The molecule has 0 spiro atoms. The first-order valence-electron chi connectivity index (χ1n) is 5.45. The lowest BCUT2D eigenvalue weighted by Crippen LogP contribution is -2.07. The van der Waals surface area contributed by atoms with Crippen LogP contribution in [-0.2, 0) is 0 Å². The maximum atomic E-state index is 13.2. The summed E-state index contributed by atoms with van der Waals surface area (Å²) in [4.78, 5) is 11.6. The summed E-state index contributed by atoms with van der Waals surface area (Å²) in [5, 5.41) is 6.17. The molecule has 19 heavy (non-hydrogen) atoms. The van der Waals surface area contributed by atoms with Gasteiger partial charge >= 0.3 is 0 Å². The van der Waals surface area contributed by atoms with Crippen LogP contribution in [0.15, 0.2) is 35.1 Å². The monoisotopic (exact) mass is 280 g/mol. The Morgan fingerprint density at radius 2 is 2.21 bits per heavy atom. The van der Waals surface area contributed by atoms with Crippen molar-refractivity contribution >= 4 is 17.7 Å². The number of hydrogen-bond acceptors (Lipinski definition) is 3. The fraction of sp³-hybridized carbons (Fsp3) is 0.0769. The minimum atomic E-state index is -0.487. The molecule has 0 atom stereocenters. The Morgan fingerprint density at radius 3 is 2.89 bits per heavy atom. The van der Waals surface area contributed by atoms with Gasteiger partial charge in [0, 0.05) is 17.7 Å². The maximum absolute atomic E-state index is 13.2. The van der Waals surface area contributed by atoms with Crippen LogP contribution in [0.2, 0.25) is 5.15 Å². The molecule has 98 valence electrons. The molecule has 1 aromatic heterocycles. The molecule has 1 aromatic carbocycles. The van der Waals surface area contributed by atoms with Crippen LogP contribution < -0.4 is 10.2 Å². The average molecular weight is 281 g/mol. The highest BCUT2D eigenvalue weighted by molar-refractivity contribution is 6.29. The summed E-state index contributed by atoms with van der Waals surface area (Å²) in [6.45, 7) is 1.82. The van der Waals surface area contributed by atoms with Crippen LogP contribution in [0, 0.1) is 5.82 Å². The van der Waals surface area contributed by atoms with Crippen molar-refractivity contribution in [3.05, 3.63) is 57.1 Å². The summed E-state index contributed by atoms with van der Waals surface area (Å²) < 4.78 is 18.5. The van der Waals surface area contributed by atoms with Crippen LogP contribution in [0.5, 0.6) is 11.6 Å². The first kappa shape index (κ1) is 13.3. The van der Waals surface area contributed by atoms with E-state index in [-0.39, 0.29) is 16.8 Å². The molecule has 1 N–H and O–H groups in total. The second-order valence-corrected chi connectivity index (χ2v) is 4.08. The van der Waals surface area contributed by atoms with Gasteiger partial charge in [-0.15, -0.1) is 5.10 Å². The molecule has 6 heteroatoms. The first-order chi connectivity index (χ1) is 9.10. The van der Waals surface area contributed by atoms with Gasteiger partial charge in [0.2, 0.25) is 5.43 Å². The van der Waals surface area contributed by atoms with Crippen molar-refractivity contribution in [2.24, 2.45) is 0 Å². The van der Waals surface area contributed by atoms with E-state index in [0.717, 1.165) is 6.07 Å². The Morgan fingerprint density at radius 1 is 1.42 bits per heavy atom. The van der Waals surface area contributed by atoms with Gasteiger partial charge in [-0.1, -0.05) is 23.8 Å². The van der Waals surface area contributed by atoms with Crippen molar-refractivity contribution in [2.75, 3.05) is 0 Å². The van der Waals surface area contributed by atoms with E-state index in [4.69, 9.17) is 16.3 Å². The van der Waals surface area contributed by atoms with Crippen molar-refractivity contribution in [2.45, 2.75) is 6.92 Å². The highest BCUT2D eigenvalue weighted by Crippen LogP contribution is 2.24. The van der Waals surface area contributed by atoms with Gasteiger partial charge in [0.05, 0.1) is 0 Å². The van der Waals surface area contributed by atoms with E-state index in [1.165, 1.54) is 12.1 Å². The number of aromatic amines is 1. The summed E-state index contributed by atoms with van der Waals surface area (Å²) in [6, 6.07) is 5.18. The van der Waals surface area contributed by atoms with Gasteiger partial charge in [0.25, 0.3) is 5.88 Å². The molecule has 0 unspecified atom stereocenters. The Hall–Kier alpha value is -2.14. The summed E-state index contributed by atoms with van der Waals surface area (Å²) in [7, 11) is 0. The van der Waals surface area contributed by atoms with E-state index in [1.807, 2.05) is 6.92 Å². The van der Waals surface area contributed by atoms with Gasteiger partial charge < -0.3 is 4.74 Å². The molecule has 0 saturated heterocycles. The number of nitrogens with one attached hydrogen (secondary N) is 1. The zero-order chi connectivity index (χ0) is 13.8. The molecule has 0 radical (unpaired) electrons.